The Morgan fingerprint density at radius 1 is 1.00 bits per heavy atom. The Bertz CT molecular complexity index is 1120. The van der Waals surface area contributed by atoms with Crippen molar-refractivity contribution in [1.82, 2.24) is 9.78 Å². The summed E-state index contributed by atoms with van der Waals surface area (Å²) >= 11 is 0. The quantitative estimate of drug-likeness (QED) is 0.643. The number of hydrogen-bond donors (Lipinski definition) is 1. The number of ether oxygens (including phenoxy) is 3. The summed E-state index contributed by atoms with van der Waals surface area (Å²) in [5.41, 5.74) is 1.75. The second-order valence-corrected chi connectivity index (χ2v) is 6.55. The fourth-order valence-electron chi connectivity index (χ4n) is 3.30. The Kier molecular flexibility index (Phi) is 5.77. The highest BCUT2D eigenvalue weighted by molar-refractivity contribution is 6.07. The van der Waals surface area contributed by atoms with Crippen LogP contribution in [0.2, 0.25) is 0 Å². The number of phenols is 1. The fourth-order valence-corrected chi connectivity index (χ4v) is 3.30. The Hall–Kier alpha value is -3.81. The first-order valence-electron chi connectivity index (χ1n) is 9.08. The van der Waals surface area contributed by atoms with Crippen molar-refractivity contribution in [2.24, 2.45) is 0 Å². The van der Waals surface area contributed by atoms with Crippen LogP contribution in [0, 0.1) is 13.8 Å². The van der Waals surface area contributed by atoms with Crippen molar-refractivity contribution in [2.45, 2.75) is 13.8 Å². The van der Waals surface area contributed by atoms with E-state index in [9.17, 15) is 14.7 Å². The van der Waals surface area contributed by atoms with Gasteiger partial charge < -0.3 is 19.3 Å². The van der Waals surface area contributed by atoms with Crippen molar-refractivity contribution in [1.29, 1.82) is 0 Å². The molecule has 0 aliphatic heterocycles. The molecule has 8 heteroatoms. The van der Waals surface area contributed by atoms with Crippen molar-refractivity contribution in [3.63, 3.8) is 0 Å². The molecule has 0 spiro atoms. The normalized spacial score (nSPS) is 10.6. The molecule has 0 aliphatic rings. The average Bonchev–Trinajstić information content (AvgIpc) is 3.16. The molecule has 0 bridgehead atoms. The van der Waals surface area contributed by atoms with E-state index < -0.39 is 11.9 Å². The van der Waals surface area contributed by atoms with Gasteiger partial charge in [-0.15, -0.1) is 0 Å². The molecule has 0 atom stereocenters. The number of para-hydroxylation sites is 1. The van der Waals surface area contributed by atoms with Crippen LogP contribution in [0.1, 0.15) is 32.0 Å². The minimum absolute atomic E-state index is 0.0763. The lowest BCUT2D eigenvalue weighted by molar-refractivity contribution is 0.0549. The van der Waals surface area contributed by atoms with Gasteiger partial charge in [0.1, 0.15) is 22.8 Å². The summed E-state index contributed by atoms with van der Waals surface area (Å²) in [6, 6.07) is 10.5. The van der Waals surface area contributed by atoms with Crippen LogP contribution in [0.5, 0.6) is 11.5 Å². The molecule has 0 amide bonds. The number of rotatable bonds is 5. The highest BCUT2D eigenvalue weighted by Gasteiger charge is 2.33. The maximum atomic E-state index is 12.8. The number of aromatic hydroxyl groups is 1. The highest BCUT2D eigenvalue weighted by atomic mass is 16.5. The number of benzene rings is 2. The molecule has 156 valence electrons. The number of nitrogens with zero attached hydrogens (tertiary/aromatic N) is 2. The topological polar surface area (TPSA) is 99.9 Å². The molecule has 1 N–H and O–H groups in total. The Labute approximate surface area is 173 Å². The third-order valence-corrected chi connectivity index (χ3v) is 4.81. The van der Waals surface area contributed by atoms with Crippen LogP contribution in [-0.4, -0.2) is 48.2 Å². The minimum atomic E-state index is -0.785. The summed E-state index contributed by atoms with van der Waals surface area (Å²) < 4.78 is 16.6. The van der Waals surface area contributed by atoms with E-state index in [4.69, 9.17) is 14.2 Å². The zero-order valence-electron chi connectivity index (χ0n) is 17.3. The number of aromatic nitrogens is 2. The van der Waals surface area contributed by atoms with Crippen LogP contribution in [0.4, 0.5) is 0 Å². The lowest BCUT2D eigenvalue weighted by atomic mass is 9.96. The van der Waals surface area contributed by atoms with Gasteiger partial charge in [0.2, 0.25) is 0 Å². The van der Waals surface area contributed by atoms with E-state index >= 15 is 0 Å². The molecule has 3 rings (SSSR count). The molecule has 0 radical (unpaired) electrons. The van der Waals surface area contributed by atoms with Gasteiger partial charge in [0.25, 0.3) is 0 Å². The van der Waals surface area contributed by atoms with Gasteiger partial charge in [-0.05, 0) is 37.6 Å². The monoisotopic (exact) mass is 410 g/mol. The summed E-state index contributed by atoms with van der Waals surface area (Å²) in [6.07, 6.45) is 0. The zero-order chi connectivity index (χ0) is 22.0. The van der Waals surface area contributed by atoms with E-state index in [0.29, 0.717) is 22.6 Å². The molecule has 3 aromatic rings. The maximum Gasteiger partial charge on any atom is 0.357 e. The fraction of sp³-hybridized carbons (Fsp3) is 0.227. The van der Waals surface area contributed by atoms with Crippen LogP contribution >= 0.6 is 0 Å². The number of esters is 2. The molecule has 30 heavy (non-hydrogen) atoms. The predicted molar refractivity (Wildman–Crippen MR) is 109 cm³/mol. The Morgan fingerprint density at radius 2 is 1.63 bits per heavy atom. The van der Waals surface area contributed by atoms with Crippen molar-refractivity contribution in [3.05, 3.63) is 58.8 Å². The number of carbonyl (C=O) groups excluding carboxylic acids is 2. The van der Waals surface area contributed by atoms with E-state index in [-0.39, 0.29) is 28.3 Å². The van der Waals surface area contributed by atoms with Gasteiger partial charge in [-0.1, -0.05) is 18.2 Å². The number of aryl methyl sites for hydroxylation is 1. The van der Waals surface area contributed by atoms with Crippen LogP contribution in [0.25, 0.3) is 16.9 Å². The van der Waals surface area contributed by atoms with Gasteiger partial charge in [0.05, 0.1) is 32.6 Å². The molecule has 1 aromatic heterocycles. The zero-order valence-corrected chi connectivity index (χ0v) is 17.3. The first-order chi connectivity index (χ1) is 14.3. The number of phenolic OH excluding ortho intramolecular Hbond substituents is 1. The Balaban J connectivity index is 2.48. The first-order valence-corrected chi connectivity index (χ1v) is 9.08. The van der Waals surface area contributed by atoms with Gasteiger partial charge in [-0.3, -0.25) is 0 Å². The largest absolute Gasteiger partial charge is 0.507 e. The lowest BCUT2D eigenvalue weighted by Gasteiger charge is -2.14. The van der Waals surface area contributed by atoms with Crippen LogP contribution in [-0.2, 0) is 9.47 Å². The van der Waals surface area contributed by atoms with Crippen molar-refractivity contribution >= 4 is 11.9 Å². The highest BCUT2D eigenvalue weighted by Crippen LogP contribution is 2.42. The Morgan fingerprint density at radius 3 is 2.20 bits per heavy atom. The molecule has 0 aliphatic carbocycles. The van der Waals surface area contributed by atoms with Gasteiger partial charge in [0, 0.05) is 5.56 Å². The van der Waals surface area contributed by atoms with E-state index in [1.54, 1.807) is 44.2 Å². The van der Waals surface area contributed by atoms with Crippen molar-refractivity contribution in [3.8, 4) is 28.4 Å². The van der Waals surface area contributed by atoms with Gasteiger partial charge >= 0.3 is 11.9 Å². The minimum Gasteiger partial charge on any atom is -0.507 e. The molecule has 1 heterocycles. The van der Waals surface area contributed by atoms with Gasteiger partial charge in [-0.25, -0.2) is 14.3 Å². The SMILES string of the molecule is COC(=O)c1c(-c2c(C)c(OC)cc(C)c2O)nn(-c2ccccc2)c1C(=O)OC. The summed E-state index contributed by atoms with van der Waals surface area (Å²) in [5.74, 6) is -1.13. The molecular formula is C22H22N2O6. The van der Waals surface area contributed by atoms with E-state index in [2.05, 4.69) is 5.10 Å². The molecule has 0 saturated heterocycles. The second kappa shape index (κ2) is 8.28. The summed E-state index contributed by atoms with van der Waals surface area (Å²) in [7, 11) is 3.92. The summed E-state index contributed by atoms with van der Waals surface area (Å²) in [5, 5.41) is 15.4. The van der Waals surface area contributed by atoms with Crippen LogP contribution in [0.3, 0.4) is 0 Å². The molecule has 0 fully saturated rings. The van der Waals surface area contributed by atoms with E-state index in [0.717, 1.165) is 0 Å². The molecule has 8 nitrogen and oxygen atoms in total. The smallest absolute Gasteiger partial charge is 0.357 e. The summed E-state index contributed by atoms with van der Waals surface area (Å²) in [6.45, 7) is 3.43. The predicted octanol–water partition coefficient (Wildman–Crippen LogP) is 3.44. The number of hydrogen-bond acceptors (Lipinski definition) is 7. The number of carbonyl (C=O) groups is 2. The molecular weight excluding hydrogens is 388 g/mol. The molecule has 0 saturated carbocycles. The van der Waals surface area contributed by atoms with Gasteiger partial charge in [-0.2, -0.15) is 5.10 Å². The summed E-state index contributed by atoms with van der Waals surface area (Å²) in [4.78, 5) is 25.4. The third-order valence-electron chi connectivity index (χ3n) is 4.81. The molecule has 2 aromatic carbocycles. The van der Waals surface area contributed by atoms with Crippen LogP contribution in [0.15, 0.2) is 36.4 Å². The number of methoxy groups -OCH3 is 3. The van der Waals surface area contributed by atoms with Crippen molar-refractivity contribution < 1.29 is 28.9 Å². The van der Waals surface area contributed by atoms with E-state index in [1.165, 1.54) is 26.0 Å². The second-order valence-electron chi connectivity index (χ2n) is 6.55. The average molecular weight is 410 g/mol. The lowest BCUT2D eigenvalue weighted by Crippen LogP contribution is -2.15. The van der Waals surface area contributed by atoms with Gasteiger partial charge in [0.15, 0.2) is 5.69 Å². The van der Waals surface area contributed by atoms with Crippen molar-refractivity contribution in [2.75, 3.05) is 21.3 Å². The first kappa shape index (κ1) is 20.9. The van der Waals surface area contributed by atoms with E-state index in [1.807, 2.05) is 6.07 Å². The maximum absolute atomic E-state index is 12.8. The standard InChI is InChI=1S/C22H22N2O6/c1-12-11-15(28-3)13(2)16(20(12)25)18-17(21(26)29-4)19(22(27)30-5)24(23-18)14-9-7-6-8-10-14/h6-11,25H,1-5H3. The molecule has 0 unspecified atom stereocenters. The third kappa shape index (κ3) is 3.36. The van der Waals surface area contributed by atoms with Crippen LogP contribution < -0.4 is 4.74 Å².